The Morgan fingerprint density at radius 2 is 1.78 bits per heavy atom. The van der Waals surface area contributed by atoms with Crippen LogP contribution in [0.2, 0.25) is 0 Å². The molecule has 0 radical (unpaired) electrons. The van der Waals surface area contributed by atoms with Crippen LogP contribution in [-0.4, -0.2) is 11.5 Å². The molecule has 3 N–H and O–H groups in total. The molecule has 0 aliphatic rings. The largest absolute Gasteiger partial charge is 0.354 e. The van der Waals surface area contributed by atoms with Gasteiger partial charge in [0.1, 0.15) is 0 Å². The lowest BCUT2D eigenvalue weighted by Gasteiger charge is -2.04. The molecule has 3 aromatic rings. The molecule has 0 spiro atoms. The molecule has 0 fully saturated rings. The minimum atomic E-state index is 0.691. The van der Waals surface area contributed by atoms with Crippen LogP contribution in [0.25, 0.3) is 21.8 Å². The van der Waals surface area contributed by atoms with Crippen LogP contribution < -0.4 is 5.73 Å². The highest BCUT2D eigenvalue weighted by molar-refractivity contribution is 6.11. The van der Waals surface area contributed by atoms with E-state index in [-0.39, 0.29) is 0 Å². The molecular weight excluding hydrogens is 220 g/mol. The van der Waals surface area contributed by atoms with Gasteiger partial charge in [0.15, 0.2) is 0 Å². The van der Waals surface area contributed by atoms with E-state index in [0.717, 1.165) is 6.42 Å². The number of aromatic nitrogens is 1. The van der Waals surface area contributed by atoms with Gasteiger partial charge in [-0.1, -0.05) is 24.3 Å². The highest BCUT2D eigenvalue weighted by Gasteiger charge is 2.11. The summed E-state index contributed by atoms with van der Waals surface area (Å²) in [5.74, 6) is 0. The van der Waals surface area contributed by atoms with Gasteiger partial charge in [-0.25, -0.2) is 0 Å². The number of nitrogens with two attached hydrogens (primary N) is 1. The van der Waals surface area contributed by atoms with Gasteiger partial charge >= 0.3 is 0 Å². The molecule has 2 nitrogen and oxygen atoms in total. The molecule has 1 aromatic heterocycles. The first kappa shape index (κ1) is 11.3. The smallest absolute Gasteiger partial charge is 0.0497 e. The third-order valence-electron chi connectivity index (χ3n) is 3.70. The second-order valence-corrected chi connectivity index (χ2v) is 4.95. The van der Waals surface area contributed by atoms with E-state index in [9.17, 15) is 0 Å². The van der Waals surface area contributed by atoms with Crippen molar-refractivity contribution >= 4 is 21.8 Å². The molecule has 0 amide bonds. The Bertz CT molecular complexity index is 723. The van der Waals surface area contributed by atoms with Gasteiger partial charge in [-0.05, 0) is 49.6 Å². The molecule has 2 aromatic carbocycles. The number of aromatic amines is 1. The minimum Gasteiger partial charge on any atom is -0.354 e. The van der Waals surface area contributed by atoms with Crippen LogP contribution in [0.15, 0.2) is 30.3 Å². The number of fused-ring (bicyclic) bond motifs is 3. The highest BCUT2D eigenvalue weighted by Crippen LogP contribution is 2.32. The van der Waals surface area contributed by atoms with E-state index in [0.29, 0.717) is 6.54 Å². The molecule has 0 aliphatic carbocycles. The van der Waals surface area contributed by atoms with Gasteiger partial charge in [0, 0.05) is 21.8 Å². The van der Waals surface area contributed by atoms with Crippen LogP contribution in [0.3, 0.4) is 0 Å². The number of rotatable bonds is 2. The lowest BCUT2D eigenvalue weighted by molar-refractivity contribution is 0.978. The maximum Gasteiger partial charge on any atom is 0.0497 e. The van der Waals surface area contributed by atoms with E-state index in [1.807, 2.05) is 0 Å². The van der Waals surface area contributed by atoms with E-state index in [2.05, 4.69) is 49.2 Å². The second-order valence-electron chi connectivity index (χ2n) is 4.95. The number of hydrogen-bond donors (Lipinski definition) is 2. The summed E-state index contributed by atoms with van der Waals surface area (Å²) in [5.41, 5.74) is 12.2. The zero-order valence-electron chi connectivity index (χ0n) is 10.9. The number of H-pyrrole nitrogens is 1. The average molecular weight is 238 g/mol. The molecule has 3 rings (SSSR count). The van der Waals surface area contributed by atoms with Crippen molar-refractivity contribution in [2.75, 3.05) is 6.54 Å². The number of nitrogens with one attached hydrogen (secondary N) is 1. The monoisotopic (exact) mass is 238 g/mol. The van der Waals surface area contributed by atoms with Crippen LogP contribution in [0, 0.1) is 13.8 Å². The number of aryl methyl sites for hydroxylation is 2. The van der Waals surface area contributed by atoms with E-state index in [1.165, 1.54) is 38.5 Å². The summed E-state index contributed by atoms with van der Waals surface area (Å²) < 4.78 is 0. The maximum atomic E-state index is 5.72. The second kappa shape index (κ2) is 4.14. The van der Waals surface area contributed by atoms with Gasteiger partial charge in [-0.3, -0.25) is 0 Å². The molecule has 92 valence electrons. The Hall–Kier alpha value is -1.80. The maximum absolute atomic E-state index is 5.72. The molecule has 18 heavy (non-hydrogen) atoms. The van der Waals surface area contributed by atoms with Crippen LogP contribution >= 0.6 is 0 Å². The van der Waals surface area contributed by atoms with Gasteiger partial charge in [0.25, 0.3) is 0 Å². The van der Waals surface area contributed by atoms with Crippen molar-refractivity contribution in [2.24, 2.45) is 5.73 Å². The summed E-state index contributed by atoms with van der Waals surface area (Å²) in [5, 5.41) is 2.70. The molecule has 2 heteroatoms. The van der Waals surface area contributed by atoms with Crippen LogP contribution in [0.5, 0.6) is 0 Å². The third kappa shape index (κ3) is 1.53. The molecule has 0 unspecified atom stereocenters. The zero-order valence-corrected chi connectivity index (χ0v) is 10.9. The van der Waals surface area contributed by atoms with Gasteiger partial charge in [0.05, 0.1) is 0 Å². The first-order valence-corrected chi connectivity index (χ1v) is 6.42. The normalized spacial score (nSPS) is 11.5. The molecular formula is C16H18N2. The Morgan fingerprint density at radius 3 is 2.56 bits per heavy atom. The average Bonchev–Trinajstić information content (AvgIpc) is 2.76. The molecule has 0 atom stereocenters. The summed E-state index contributed by atoms with van der Waals surface area (Å²) in [6.45, 7) is 5.02. The standard InChI is InChI=1S/C16H18N2/c1-10-6-7-11(2)16-14(10)15-12(8-9-17)4-3-5-13(15)18-16/h3-7,18H,8-9,17H2,1-2H3. The quantitative estimate of drug-likeness (QED) is 0.705. The molecule has 0 bridgehead atoms. The van der Waals surface area contributed by atoms with E-state index < -0.39 is 0 Å². The summed E-state index contributed by atoms with van der Waals surface area (Å²) in [4.78, 5) is 3.55. The SMILES string of the molecule is Cc1ccc(C)c2c1[nH]c1cccc(CCN)c12. The van der Waals surface area contributed by atoms with E-state index >= 15 is 0 Å². The van der Waals surface area contributed by atoms with Crippen LogP contribution in [0.4, 0.5) is 0 Å². The lowest BCUT2D eigenvalue weighted by atomic mass is 10.00. The van der Waals surface area contributed by atoms with Gasteiger partial charge in [-0.2, -0.15) is 0 Å². The minimum absolute atomic E-state index is 0.691. The van der Waals surface area contributed by atoms with Gasteiger partial charge < -0.3 is 10.7 Å². The summed E-state index contributed by atoms with van der Waals surface area (Å²) >= 11 is 0. The van der Waals surface area contributed by atoms with Crippen LogP contribution in [-0.2, 0) is 6.42 Å². The highest BCUT2D eigenvalue weighted by atomic mass is 14.7. The summed E-state index contributed by atoms with van der Waals surface area (Å²) in [6.07, 6.45) is 0.928. The lowest BCUT2D eigenvalue weighted by Crippen LogP contribution is -2.02. The summed E-state index contributed by atoms with van der Waals surface area (Å²) in [6, 6.07) is 10.8. The Morgan fingerprint density at radius 1 is 1.00 bits per heavy atom. The fourth-order valence-corrected chi connectivity index (χ4v) is 2.79. The predicted octanol–water partition coefficient (Wildman–Crippen LogP) is 3.44. The molecule has 0 saturated carbocycles. The molecule has 0 saturated heterocycles. The van der Waals surface area contributed by atoms with E-state index in [4.69, 9.17) is 5.73 Å². The summed E-state index contributed by atoms with van der Waals surface area (Å²) in [7, 11) is 0. The van der Waals surface area contributed by atoms with Crippen molar-refractivity contribution in [1.29, 1.82) is 0 Å². The van der Waals surface area contributed by atoms with Crippen molar-refractivity contribution < 1.29 is 0 Å². The fraction of sp³-hybridized carbons (Fsp3) is 0.250. The number of benzene rings is 2. The molecule has 0 aliphatic heterocycles. The first-order chi connectivity index (χ1) is 8.72. The van der Waals surface area contributed by atoms with E-state index in [1.54, 1.807) is 0 Å². The Balaban J connectivity index is 2.51. The van der Waals surface area contributed by atoms with Crippen molar-refractivity contribution in [2.45, 2.75) is 20.3 Å². The van der Waals surface area contributed by atoms with Gasteiger partial charge in [0.2, 0.25) is 0 Å². The topological polar surface area (TPSA) is 41.8 Å². The Kier molecular flexibility index (Phi) is 2.60. The molecule has 1 heterocycles. The first-order valence-electron chi connectivity index (χ1n) is 6.42. The predicted molar refractivity (Wildman–Crippen MR) is 78.0 cm³/mol. The van der Waals surface area contributed by atoms with Gasteiger partial charge in [-0.15, -0.1) is 0 Å². The number of hydrogen-bond acceptors (Lipinski definition) is 1. The van der Waals surface area contributed by atoms with Crippen molar-refractivity contribution in [3.05, 3.63) is 47.0 Å². The zero-order chi connectivity index (χ0) is 12.7. The van der Waals surface area contributed by atoms with Crippen molar-refractivity contribution in [1.82, 2.24) is 4.98 Å². The Labute approximate surface area is 107 Å². The fourth-order valence-electron chi connectivity index (χ4n) is 2.79. The van der Waals surface area contributed by atoms with Crippen molar-refractivity contribution in [3.63, 3.8) is 0 Å². The van der Waals surface area contributed by atoms with Crippen LogP contribution in [0.1, 0.15) is 16.7 Å². The third-order valence-corrected chi connectivity index (χ3v) is 3.70. The van der Waals surface area contributed by atoms with Crippen molar-refractivity contribution in [3.8, 4) is 0 Å².